The van der Waals surface area contributed by atoms with Crippen molar-refractivity contribution >= 4 is 16.7 Å². The summed E-state index contributed by atoms with van der Waals surface area (Å²) in [7, 11) is 0. The Morgan fingerprint density at radius 2 is 1.87 bits per heavy atom. The number of carbonyl (C=O) groups excluding carboxylic acids is 1. The lowest BCUT2D eigenvalue weighted by molar-refractivity contribution is 0.103. The Balaban J connectivity index is 2.30. The van der Waals surface area contributed by atoms with Gasteiger partial charge in [0.05, 0.1) is 18.2 Å². The molecule has 2 N–H and O–H groups in total. The van der Waals surface area contributed by atoms with Crippen LogP contribution in [0.1, 0.15) is 34.6 Å². The molecule has 0 saturated heterocycles. The smallest absolute Gasteiger partial charge is 0.195 e. The molecular formula is C19H19NO3. The highest BCUT2D eigenvalue weighted by Gasteiger charge is 2.23. The summed E-state index contributed by atoms with van der Waals surface area (Å²) < 4.78 is 1.95. The first-order valence-corrected chi connectivity index (χ1v) is 7.58. The fraction of sp³-hybridized carbons (Fsp3) is 0.211. The molecule has 2 aromatic carbocycles. The van der Waals surface area contributed by atoms with Gasteiger partial charge in [-0.25, -0.2) is 0 Å². The molecule has 4 heteroatoms. The number of ketones is 1. The number of benzene rings is 2. The van der Waals surface area contributed by atoms with Crippen molar-refractivity contribution < 1.29 is 15.0 Å². The summed E-state index contributed by atoms with van der Waals surface area (Å²) in [4.78, 5) is 13.0. The van der Waals surface area contributed by atoms with Crippen LogP contribution in [0.25, 0.3) is 10.9 Å². The summed E-state index contributed by atoms with van der Waals surface area (Å²) in [6.07, 6.45) is 0. The van der Waals surface area contributed by atoms with Crippen molar-refractivity contribution in [3.8, 4) is 5.75 Å². The van der Waals surface area contributed by atoms with E-state index in [1.165, 1.54) is 0 Å². The molecular weight excluding hydrogens is 290 g/mol. The predicted molar refractivity (Wildman–Crippen MR) is 90.0 cm³/mol. The zero-order valence-electron chi connectivity index (χ0n) is 13.2. The molecule has 0 amide bonds. The molecule has 0 spiro atoms. The van der Waals surface area contributed by atoms with Crippen molar-refractivity contribution in [3.05, 3.63) is 65.4 Å². The van der Waals surface area contributed by atoms with E-state index in [1.54, 1.807) is 30.3 Å². The van der Waals surface area contributed by atoms with Gasteiger partial charge in [-0.1, -0.05) is 30.3 Å². The fourth-order valence-corrected chi connectivity index (χ4v) is 3.10. The van der Waals surface area contributed by atoms with Crippen molar-refractivity contribution in [1.82, 2.24) is 4.57 Å². The molecule has 0 aliphatic rings. The highest BCUT2D eigenvalue weighted by atomic mass is 16.3. The first kappa shape index (κ1) is 15.3. The van der Waals surface area contributed by atoms with Crippen LogP contribution in [0.15, 0.2) is 48.5 Å². The lowest BCUT2D eigenvalue weighted by Crippen LogP contribution is -2.12. The number of carbonyl (C=O) groups is 1. The maximum Gasteiger partial charge on any atom is 0.195 e. The molecule has 118 valence electrons. The van der Waals surface area contributed by atoms with Gasteiger partial charge in [0, 0.05) is 22.2 Å². The van der Waals surface area contributed by atoms with Crippen LogP contribution in [0.2, 0.25) is 0 Å². The third-order valence-corrected chi connectivity index (χ3v) is 4.20. The number of rotatable bonds is 4. The van der Waals surface area contributed by atoms with E-state index in [1.807, 2.05) is 36.6 Å². The third kappa shape index (κ3) is 2.51. The van der Waals surface area contributed by atoms with Gasteiger partial charge in [-0.05, 0) is 32.0 Å². The van der Waals surface area contributed by atoms with Crippen LogP contribution >= 0.6 is 0 Å². The molecule has 4 nitrogen and oxygen atoms in total. The molecule has 3 rings (SSSR count). The fourth-order valence-electron chi connectivity index (χ4n) is 3.10. The average Bonchev–Trinajstić information content (AvgIpc) is 2.85. The molecule has 1 unspecified atom stereocenters. The number of fused-ring (bicyclic) bond motifs is 1. The number of aliphatic hydroxyl groups excluding tert-OH is 1. The van der Waals surface area contributed by atoms with Gasteiger partial charge >= 0.3 is 0 Å². The number of phenols is 1. The SMILES string of the molecule is Cc1c(C(=O)c2ccccc2)c2cc(O)ccc2n1C(C)CO. The number of nitrogens with zero attached hydrogens (tertiary/aromatic N) is 1. The molecule has 1 heterocycles. The Hall–Kier alpha value is -2.59. The molecule has 0 radical (unpaired) electrons. The number of hydrogen-bond acceptors (Lipinski definition) is 3. The number of hydrogen-bond donors (Lipinski definition) is 2. The van der Waals surface area contributed by atoms with Crippen molar-refractivity contribution in [2.45, 2.75) is 19.9 Å². The molecule has 3 aromatic rings. The van der Waals surface area contributed by atoms with E-state index in [2.05, 4.69) is 0 Å². The summed E-state index contributed by atoms with van der Waals surface area (Å²) >= 11 is 0. The van der Waals surface area contributed by atoms with Gasteiger partial charge < -0.3 is 14.8 Å². The summed E-state index contributed by atoms with van der Waals surface area (Å²) in [6, 6.07) is 13.9. The Labute approximate surface area is 134 Å². The average molecular weight is 309 g/mol. The lowest BCUT2D eigenvalue weighted by atomic mass is 10.0. The molecule has 0 fully saturated rings. The van der Waals surface area contributed by atoms with Crippen LogP contribution in [0.5, 0.6) is 5.75 Å². The molecule has 0 aliphatic carbocycles. The van der Waals surface area contributed by atoms with E-state index in [-0.39, 0.29) is 24.2 Å². The van der Waals surface area contributed by atoms with E-state index >= 15 is 0 Å². The lowest BCUT2D eigenvalue weighted by Gasteiger charge is -2.15. The zero-order chi connectivity index (χ0) is 16.6. The van der Waals surface area contributed by atoms with Gasteiger partial charge in [0.2, 0.25) is 0 Å². The van der Waals surface area contributed by atoms with Crippen molar-refractivity contribution in [2.24, 2.45) is 0 Å². The Morgan fingerprint density at radius 1 is 1.17 bits per heavy atom. The third-order valence-electron chi connectivity index (χ3n) is 4.20. The van der Waals surface area contributed by atoms with Gasteiger partial charge in [0.15, 0.2) is 5.78 Å². The van der Waals surface area contributed by atoms with Crippen LogP contribution in [-0.2, 0) is 0 Å². The molecule has 0 aliphatic heterocycles. The van der Waals surface area contributed by atoms with Gasteiger partial charge in [-0.2, -0.15) is 0 Å². The second-order valence-corrected chi connectivity index (χ2v) is 5.76. The summed E-state index contributed by atoms with van der Waals surface area (Å²) in [5.74, 6) is 0.0380. The van der Waals surface area contributed by atoms with Crippen LogP contribution in [0.4, 0.5) is 0 Å². The van der Waals surface area contributed by atoms with E-state index in [0.29, 0.717) is 16.5 Å². The summed E-state index contributed by atoms with van der Waals surface area (Å²) in [5, 5.41) is 20.1. The van der Waals surface area contributed by atoms with Gasteiger partial charge in [-0.15, -0.1) is 0 Å². The van der Waals surface area contributed by atoms with Gasteiger partial charge in [0.1, 0.15) is 5.75 Å². The minimum absolute atomic E-state index is 0.0233. The Morgan fingerprint density at radius 3 is 2.52 bits per heavy atom. The highest BCUT2D eigenvalue weighted by Crippen LogP contribution is 2.33. The first-order valence-electron chi connectivity index (χ1n) is 7.58. The second-order valence-electron chi connectivity index (χ2n) is 5.76. The molecule has 0 bridgehead atoms. The normalized spacial score (nSPS) is 12.5. The second kappa shape index (κ2) is 5.89. The predicted octanol–water partition coefficient (Wildman–Crippen LogP) is 3.44. The number of phenolic OH excluding ortho intramolecular Hbond substituents is 1. The van der Waals surface area contributed by atoms with Crippen LogP contribution in [0.3, 0.4) is 0 Å². The van der Waals surface area contributed by atoms with Crippen LogP contribution in [-0.4, -0.2) is 27.2 Å². The van der Waals surface area contributed by atoms with Crippen LogP contribution in [0, 0.1) is 6.92 Å². The first-order chi connectivity index (χ1) is 11.0. The molecule has 23 heavy (non-hydrogen) atoms. The van der Waals surface area contributed by atoms with Crippen molar-refractivity contribution in [3.63, 3.8) is 0 Å². The standard InChI is InChI=1S/C19H19NO3/c1-12(11-21)20-13(2)18(16-10-15(22)8-9-17(16)20)19(23)14-6-4-3-5-7-14/h3-10,12,21-22H,11H2,1-2H3. The quantitative estimate of drug-likeness (QED) is 0.726. The van der Waals surface area contributed by atoms with Crippen molar-refractivity contribution in [1.29, 1.82) is 0 Å². The number of aromatic nitrogens is 1. The Bertz CT molecular complexity index is 865. The van der Waals surface area contributed by atoms with Gasteiger partial charge in [-0.3, -0.25) is 4.79 Å². The van der Waals surface area contributed by atoms with E-state index in [0.717, 1.165) is 11.2 Å². The zero-order valence-corrected chi connectivity index (χ0v) is 13.2. The number of aromatic hydroxyl groups is 1. The topological polar surface area (TPSA) is 62.5 Å². The highest BCUT2D eigenvalue weighted by molar-refractivity contribution is 6.17. The minimum Gasteiger partial charge on any atom is -0.508 e. The number of aliphatic hydroxyl groups is 1. The van der Waals surface area contributed by atoms with E-state index in [9.17, 15) is 15.0 Å². The molecule has 0 saturated carbocycles. The maximum absolute atomic E-state index is 13.0. The Kier molecular flexibility index (Phi) is 3.92. The molecule has 1 aromatic heterocycles. The van der Waals surface area contributed by atoms with E-state index < -0.39 is 0 Å². The maximum atomic E-state index is 13.0. The van der Waals surface area contributed by atoms with Crippen LogP contribution < -0.4 is 0 Å². The largest absolute Gasteiger partial charge is 0.508 e. The van der Waals surface area contributed by atoms with Gasteiger partial charge in [0.25, 0.3) is 0 Å². The monoisotopic (exact) mass is 309 g/mol. The minimum atomic E-state index is -0.153. The summed E-state index contributed by atoms with van der Waals surface area (Å²) in [6.45, 7) is 3.75. The molecule has 1 atom stereocenters. The summed E-state index contributed by atoms with van der Waals surface area (Å²) in [5.41, 5.74) is 2.80. The van der Waals surface area contributed by atoms with E-state index in [4.69, 9.17) is 0 Å². The van der Waals surface area contributed by atoms with Crippen molar-refractivity contribution in [2.75, 3.05) is 6.61 Å².